The molecule has 0 heterocycles. The monoisotopic (exact) mass is 188 g/mol. The minimum Gasteiger partial charge on any atom is -0.0645 e. The zero-order valence-corrected chi connectivity index (χ0v) is 9.13. The number of hydrogen-bond donors (Lipinski definition) is 0. The molecule has 0 aromatic heterocycles. The van der Waals surface area contributed by atoms with E-state index in [2.05, 4.69) is 51.1 Å². The molecule has 0 N–H and O–H groups in total. The third-order valence-electron chi connectivity index (χ3n) is 3.20. The van der Waals surface area contributed by atoms with E-state index in [0.29, 0.717) is 0 Å². The summed E-state index contributed by atoms with van der Waals surface area (Å²) >= 11 is 0. The van der Waals surface area contributed by atoms with Crippen molar-refractivity contribution in [3.05, 3.63) is 49.7 Å². The van der Waals surface area contributed by atoms with Crippen LogP contribution in [-0.2, 0) is 5.41 Å². The first-order valence-corrected chi connectivity index (χ1v) is 5.43. The fraction of sp³-hybridized carbons (Fsp3) is 0.429. The molecule has 0 aliphatic carbocycles. The SMILES string of the molecule is [CH2]CCC(C[CH2])(CC)c1ccccc1. The predicted molar refractivity (Wildman–Crippen MR) is 63.0 cm³/mol. The summed E-state index contributed by atoms with van der Waals surface area (Å²) in [6.45, 7) is 10.3. The van der Waals surface area contributed by atoms with E-state index >= 15 is 0 Å². The predicted octanol–water partition coefficient (Wildman–Crippen LogP) is 4.17. The molecule has 0 bridgehead atoms. The van der Waals surface area contributed by atoms with E-state index in [4.69, 9.17) is 0 Å². The normalized spacial score (nSPS) is 11.6. The summed E-state index contributed by atoms with van der Waals surface area (Å²) in [5.41, 5.74) is 1.67. The average Bonchev–Trinajstić information content (AvgIpc) is 2.27. The molecule has 14 heavy (non-hydrogen) atoms. The zero-order valence-electron chi connectivity index (χ0n) is 9.13. The van der Waals surface area contributed by atoms with Crippen LogP contribution in [0.25, 0.3) is 0 Å². The van der Waals surface area contributed by atoms with Crippen LogP contribution in [0.1, 0.15) is 38.2 Å². The molecule has 0 aliphatic heterocycles. The van der Waals surface area contributed by atoms with E-state index in [9.17, 15) is 0 Å². The third kappa shape index (κ3) is 2.17. The van der Waals surface area contributed by atoms with Crippen molar-refractivity contribution in [2.75, 3.05) is 0 Å². The zero-order chi connectivity index (χ0) is 10.4. The summed E-state index contributed by atoms with van der Waals surface area (Å²) in [6.07, 6.45) is 4.23. The Balaban J connectivity index is 2.98. The molecule has 0 heteroatoms. The second-order valence-electron chi connectivity index (χ2n) is 3.85. The van der Waals surface area contributed by atoms with Crippen molar-refractivity contribution < 1.29 is 0 Å². The van der Waals surface area contributed by atoms with Gasteiger partial charge in [-0.2, -0.15) is 0 Å². The van der Waals surface area contributed by atoms with Gasteiger partial charge in [0.15, 0.2) is 0 Å². The van der Waals surface area contributed by atoms with Crippen molar-refractivity contribution in [3.8, 4) is 0 Å². The number of rotatable bonds is 5. The number of benzene rings is 1. The lowest BCUT2D eigenvalue weighted by molar-refractivity contribution is 0.384. The Bertz CT molecular complexity index is 244. The van der Waals surface area contributed by atoms with Gasteiger partial charge in [0, 0.05) is 0 Å². The van der Waals surface area contributed by atoms with Crippen LogP contribution < -0.4 is 0 Å². The molecule has 0 saturated heterocycles. The van der Waals surface area contributed by atoms with Gasteiger partial charge in [-0.05, 0) is 30.2 Å². The maximum Gasteiger partial charge on any atom is -0.00496 e. The topological polar surface area (TPSA) is 0 Å². The highest BCUT2D eigenvalue weighted by Gasteiger charge is 2.26. The summed E-state index contributed by atoms with van der Waals surface area (Å²) in [5.74, 6) is 0. The number of hydrogen-bond acceptors (Lipinski definition) is 0. The molecular weight excluding hydrogens is 168 g/mol. The molecule has 0 amide bonds. The van der Waals surface area contributed by atoms with Crippen molar-refractivity contribution in [3.63, 3.8) is 0 Å². The standard InChI is InChI=1S/C14H20/c1-4-12-14(5-2,6-3)13-10-8-7-9-11-13/h7-11H,1-2,4-6,12H2,3H3. The highest BCUT2D eigenvalue weighted by Crippen LogP contribution is 2.35. The van der Waals surface area contributed by atoms with Gasteiger partial charge in [-0.15, -0.1) is 0 Å². The van der Waals surface area contributed by atoms with Crippen LogP contribution in [0.2, 0.25) is 0 Å². The van der Waals surface area contributed by atoms with E-state index in [1.807, 2.05) is 0 Å². The van der Waals surface area contributed by atoms with Gasteiger partial charge >= 0.3 is 0 Å². The first kappa shape index (κ1) is 11.3. The first-order chi connectivity index (χ1) is 6.79. The highest BCUT2D eigenvalue weighted by atomic mass is 14.3. The van der Waals surface area contributed by atoms with Crippen LogP contribution in [0.3, 0.4) is 0 Å². The van der Waals surface area contributed by atoms with Crippen LogP contribution in [0, 0.1) is 13.8 Å². The Morgan fingerprint density at radius 1 is 1.14 bits per heavy atom. The van der Waals surface area contributed by atoms with Crippen molar-refractivity contribution in [2.45, 2.75) is 38.0 Å². The summed E-state index contributed by atoms with van der Waals surface area (Å²) in [6, 6.07) is 10.7. The molecule has 1 aromatic rings. The van der Waals surface area contributed by atoms with Gasteiger partial charge < -0.3 is 0 Å². The summed E-state index contributed by atoms with van der Waals surface area (Å²) in [7, 11) is 0. The lowest BCUT2D eigenvalue weighted by Gasteiger charge is -2.32. The highest BCUT2D eigenvalue weighted by molar-refractivity contribution is 5.25. The molecule has 0 nitrogen and oxygen atoms in total. The van der Waals surface area contributed by atoms with Gasteiger partial charge in [0.25, 0.3) is 0 Å². The summed E-state index contributed by atoms with van der Waals surface area (Å²) in [4.78, 5) is 0. The molecule has 1 aromatic carbocycles. The van der Waals surface area contributed by atoms with Crippen molar-refractivity contribution in [1.82, 2.24) is 0 Å². The second kappa shape index (κ2) is 5.19. The van der Waals surface area contributed by atoms with Crippen LogP contribution in [0.4, 0.5) is 0 Å². The molecule has 1 atom stereocenters. The average molecular weight is 188 g/mol. The van der Waals surface area contributed by atoms with Gasteiger partial charge in [0.2, 0.25) is 0 Å². The fourth-order valence-corrected chi connectivity index (χ4v) is 2.10. The maximum absolute atomic E-state index is 4.10. The van der Waals surface area contributed by atoms with Gasteiger partial charge in [-0.3, -0.25) is 0 Å². The van der Waals surface area contributed by atoms with E-state index < -0.39 is 0 Å². The van der Waals surface area contributed by atoms with Crippen molar-refractivity contribution in [1.29, 1.82) is 0 Å². The third-order valence-corrected chi connectivity index (χ3v) is 3.20. The molecule has 0 spiro atoms. The van der Waals surface area contributed by atoms with Crippen molar-refractivity contribution >= 4 is 0 Å². The van der Waals surface area contributed by atoms with Crippen molar-refractivity contribution in [2.24, 2.45) is 0 Å². The van der Waals surface area contributed by atoms with E-state index in [-0.39, 0.29) is 5.41 Å². The lowest BCUT2D eigenvalue weighted by Crippen LogP contribution is -2.24. The van der Waals surface area contributed by atoms with E-state index in [1.54, 1.807) is 0 Å². The molecule has 76 valence electrons. The van der Waals surface area contributed by atoms with Crippen LogP contribution >= 0.6 is 0 Å². The molecule has 1 rings (SSSR count). The molecule has 0 fully saturated rings. The van der Waals surface area contributed by atoms with Gasteiger partial charge in [-0.25, -0.2) is 0 Å². The minimum atomic E-state index is 0.253. The van der Waals surface area contributed by atoms with Gasteiger partial charge in [0.1, 0.15) is 0 Å². The Kier molecular flexibility index (Phi) is 4.19. The molecule has 0 aliphatic rings. The smallest absolute Gasteiger partial charge is 0.00496 e. The van der Waals surface area contributed by atoms with Gasteiger partial charge in [0.05, 0.1) is 0 Å². The maximum atomic E-state index is 4.10. The van der Waals surface area contributed by atoms with Crippen LogP contribution in [0.5, 0.6) is 0 Å². The first-order valence-electron chi connectivity index (χ1n) is 5.43. The summed E-state index contributed by atoms with van der Waals surface area (Å²) < 4.78 is 0. The second-order valence-corrected chi connectivity index (χ2v) is 3.85. The molecule has 2 radical (unpaired) electrons. The molecule has 0 saturated carbocycles. The Morgan fingerprint density at radius 2 is 1.79 bits per heavy atom. The van der Waals surface area contributed by atoms with Crippen LogP contribution in [-0.4, -0.2) is 0 Å². The Labute approximate surface area is 88.4 Å². The minimum absolute atomic E-state index is 0.253. The Morgan fingerprint density at radius 3 is 2.21 bits per heavy atom. The van der Waals surface area contributed by atoms with E-state index in [1.165, 1.54) is 5.56 Å². The quantitative estimate of drug-likeness (QED) is 0.650. The van der Waals surface area contributed by atoms with E-state index in [0.717, 1.165) is 25.7 Å². The lowest BCUT2D eigenvalue weighted by atomic mass is 9.73. The largest absolute Gasteiger partial charge is 0.0645 e. The Hall–Kier alpha value is -0.780. The molecule has 1 unspecified atom stereocenters. The summed E-state index contributed by atoms with van der Waals surface area (Å²) in [5, 5.41) is 0. The molecular formula is C14H20. The fourth-order valence-electron chi connectivity index (χ4n) is 2.10. The van der Waals surface area contributed by atoms with Crippen LogP contribution in [0.15, 0.2) is 30.3 Å². The van der Waals surface area contributed by atoms with Gasteiger partial charge in [-0.1, -0.05) is 57.5 Å².